The largest absolute Gasteiger partial charge is 0.379 e. The molecular formula is C18H22FN5O3S. The van der Waals surface area contributed by atoms with Gasteiger partial charge in [0, 0.05) is 38.8 Å². The van der Waals surface area contributed by atoms with Crippen LogP contribution >= 0.6 is 0 Å². The number of anilines is 1. The number of rotatable bonds is 5. The van der Waals surface area contributed by atoms with Gasteiger partial charge in [0.2, 0.25) is 0 Å². The Morgan fingerprint density at radius 2 is 1.82 bits per heavy atom. The maximum atomic E-state index is 15.0. The second-order valence-electron chi connectivity index (χ2n) is 6.82. The third kappa shape index (κ3) is 3.48. The number of morpholine rings is 1. The Hall–Kier alpha value is -2.14. The van der Waals surface area contributed by atoms with E-state index in [0.717, 1.165) is 0 Å². The van der Waals surface area contributed by atoms with Crippen LogP contribution in [0.15, 0.2) is 36.7 Å². The molecular weight excluding hydrogens is 385 g/mol. The number of likely N-dealkylation sites (N-methyl/N-ethyl adjacent to an activating group) is 1. The Kier molecular flexibility index (Phi) is 5.28. The van der Waals surface area contributed by atoms with Gasteiger partial charge in [0.25, 0.3) is 10.2 Å². The van der Waals surface area contributed by atoms with Gasteiger partial charge in [-0.25, -0.2) is 14.4 Å². The van der Waals surface area contributed by atoms with Crippen molar-refractivity contribution in [1.82, 2.24) is 18.6 Å². The molecule has 0 aliphatic carbocycles. The first kappa shape index (κ1) is 19.2. The maximum Gasteiger partial charge on any atom is 0.282 e. The number of benzene rings is 1. The van der Waals surface area contributed by atoms with Crippen LogP contribution in [0.2, 0.25) is 0 Å². The second-order valence-corrected chi connectivity index (χ2v) is 8.81. The zero-order valence-corrected chi connectivity index (χ0v) is 16.3. The molecule has 2 aromatic rings. The lowest BCUT2D eigenvalue weighted by Gasteiger charge is -2.45. The molecule has 0 unspecified atom stereocenters. The van der Waals surface area contributed by atoms with Gasteiger partial charge in [-0.05, 0) is 0 Å². The summed E-state index contributed by atoms with van der Waals surface area (Å²) in [4.78, 5) is 9.88. The van der Waals surface area contributed by atoms with Gasteiger partial charge in [0.15, 0.2) is 11.6 Å². The molecule has 10 heteroatoms. The minimum atomic E-state index is -3.56. The Labute approximate surface area is 163 Å². The minimum absolute atomic E-state index is 0.197. The van der Waals surface area contributed by atoms with Crippen LogP contribution in [0, 0.1) is 5.82 Å². The van der Waals surface area contributed by atoms with Crippen molar-refractivity contribution in [2.75, 3.05) is 51.3 Å². The zero-order chi connectivity index (χ0) is 19.7. The SMILES string of the molecule is CN(C1CN(c2ncnc(-c3ccccc3)c2F)C1)S(=O)(=O)N1CCOCC1. The molecule has 1 aromatic carbocycles. The van der Waals surface area contributed by atoms with Crippen LogP contribution in [0.5, 0.6) is 0 Å². The third-order valence-electron chi connectivity index (χ3n) is 5.15. The Bertz CT molecular complexity index is 931. The summed E-state index contributed by atoms with van der Waals surface area (Å²) >= 11 is 0. The van der Waals surface area contributed by atoms with E-state index < -0.39 is 16.0 Å². The van der Waals surface area contributed by atoms with E-state index in [2.05, 4.69) is 9.97 Å². The first-order valence-electron chi connectivity index (χ1n) is 9.10. The monoisotopic (exact) mass is 407 g/mol. The summed E-state index contributed by atoms with van der Waals surface area (Å²) in [6.45, 7) is 2.26. The highest BCUT2D eigenvalue weighted by Gasteiger charge is 2.40. The van der Waals surface area contributed by atoms with Gasteiger partial charge in [-0.15, -0.1) is 0 Å². The second kappa shape index (κ2) is 7.70. The van der Waals surface area contributed by atoms with Crippen LogP contribution in [-0.4, -0.2) is 79.5 Å². The number of aromatic nitrogens is 2. The van der Waals surface area contributed by atoms with Gasteiger partial charge in [-0.3, -0.25) is 0 Å². The smallest absolute Gasteiger partial charge is 0.282 e. The average molecular weight is 407 g/mol. The molecule has 0 spiro atoms. The summed E-state index contributed by atoms with van der Waals surface area (Å²) in [7, 11) is -1.99. The molecule has 0 radical (unpaired) electrons. The van der Waals surface area contributed by atoms with E-state index in [4.69, 9.17) is 4.74 Å². The molecule has 0 saturated carbocycles. The van der Waals surface area contributed by atoms with E-state index in [1.165, 1.54) is 14.9 Å². The Morgan fingerprint density at radius 1 is 1.14 bits per heavy atom. The van der Waals surface area contributed by atoms with Gasteiger partial charge in [0.05, 0.1) is 19.3 Å². The lowest BCUT2D eigenvalue weighted by molar-refractivity contribution is 0.0695. The van der Waals surface area contributed by atoms with Crippen molar-refractivity contribution < 1.29 is 17.5 Å². The molecule has 150 valence electrons. The van der Waals surface area contributed by atoms with E-state index in [1.54, 1.807) is 24.1 Å². The average Bonchev–Trinajstić information content (AvgIpc) is 2.69. The lowest BCUT2D eigenvalue weighted by atomic mass is 10.1. The highest BCUT2D eigenvalue weighted by molar-refractivity contribution is 7.86. The van der Waals surface area contributed by atoms with Gasteiger partial charge < -0.3 is 9.64 Å². The summed E-state index contributed by atoms with van der Waals surface area (Å²) < 4.78 is 48.5. The summed E-state index contributed by atoms with van der Waals surface area (Å²) in [5, 5.41) is 0. The molecule has 8 nitrogen and oxygen atoms in total. The van der Waals surface area contributed by atoms with Gasteiger partial charge in [0.1, 0.15) is 12.0 Å². The van der Waals surface area contributed by atoms with Crippen molar-refractivity contribution in [3.63, 3.8) is 0 Å². The molecule has 1 aromatic heterocycles. The van der Waals surface area contributed by atoms with E-state index in [-0.39, 0.29) is 17.6 Å². The number of halogens is 1. The molecule has 28 heavy (non-hydrogen) atoms. The van der Waals surface area contributed by atoms with E-state index in [9.17, 15) is 12.8 Å². The van der Waals surface area contributed by atoms with Crippen LogP contribution < -0.4 is 4.90 Å². The molecule has 0 bridgehead atoms. The fraction of sp³-hybridized carbons (Fsp3) is 0.444. The zero-order valence-electron chi connectivity index (χ0n) is 15.5. The number of hydrogen-bond acceptors (Lipinski definition) is 6. The highest BCUT2D eigenvalue weighted by atomic mass is 32.2. The number of hydrogen-bond donors (Lipinski definition) is 0. The summed E-state index contributed by atoms with van der Waals surface area (Å²) in [5.74, 6) is -0.298. The summed E-state index contributed by atoms with van der Waals surface area (Å²) in [6.07, 6.45) is 1.34. The van der Waals surface area contributed by atoms with Crippen molar-refractivity contribution in [1.29, 1.82) is 0 Å². The van der Waals surface area contributed by atoms with E-state index in [0.29, 0.717) is 45.0 Å². The molecule has 3 heterocycles. The number of nitrogens with zero attached hydrogens (tertiary/aromatic N) is 5. The molecule has 0 N–H and O–H groups in total. The molecule has 2 saturated heterocycles. The van der Waals surface area contributed by atoms with Crippen molar-refractivity contribution in [3.8, 4) is 11.3 Å². The van der Waals surface area contributed by atoms with Gasteiger partial charge >= 0.3 is 0 Å². The fourth-order valence-electron chi connectivity index (χ4n) is 3.38. The molecule has 2 fully saturated rings. The minimum Gasteiger partial charge on any atom is -0.379 e. The molecule has 2 aliphatic rings. The standard InChI is InChI=1S/C18H22FN5O3S/c1-22(28(25,26)24-7-9-27-10-8-24)15-11-23(12-15)18-16(19)17(20-13-21-18)14-5-3-2-4-6-14/h2-6,13,15H,7-12H2,1H3. The van der Waals surface area contributed by atoms with Crippen molar-refractivity contribution in [2.24, 2.45) is 0 Å². The van der Waals surface area contributed by atoms with Crippen molar-refractivity contribution >= 4 is 16.0 Å². The van der Waals surface area contributed by atoms with Gasteiger partial charge in [-0.2, -0.15) is 17.0 Å². The van der Waals surface area contributed by atoms with Crippen LogP contribution in [-0.2, 0) is 14.9 Å². The molecule has 2 aliphatic heterocycles. The Morgan fingerprint density at radius 3 is 2.50 bits per heavy atom. The van der Waals surface area contributed by atoms with Crippen molar-refractivity contribution in [3.05, 3.63) is 42.5 Å². The molecule has 4 rings (SSSR count). The van der Waals surface area contributed by atoms with Crippen molar-refractivity contribution in [2.45, 2.75) is 6.04 Å². The fourth-order valence-corrected chi connectivity index (χ4v) is 4.87. The predicted molar refractivity (Wildman–Crippen MR) is 103 cm³/mol. The van der Waals surface area contributed by atoms with Gasteiger partial charge in [-0.1, -0.05) is 30.3 Å². The van der Waals surface area contributed by atoms with Crippen LogP contribution in [0.3, 0.4) is 0 Å². The quantitative estimate of drug-likeness (QED) is 0.735. The third-order valence-corrected chi connectivity index (χ3v) is 7.20. The maximum absolute atomic E-state index is 15.0. The van der Waals surface area contributed by atoms with Crippen LogP contribution in [0.4, 0.5) is 10.2 Å². The topological polar surface area (TPSA) is 78.9 Å². The van der Waals surface area contributed by atoms with E-state index >= 15 is 0 Å². The first-order valence-corrected chi connectivity index (χ1v) is 10.5. The van der Waals surface area contributed by atoms with Crippen LogP contribution in [0.25, 0.3) is 11.3 Å². The summed E-state index contributed by atoms with van der Waals surface area (Å²) in [5.41, 5.74) is 0.913. The lowest BCUT2D eigenvalue weighted by Crippen LogP contribution is -2.62. The molecule has 0 amide bonds. The first-order chi connectivity index (χ1) is 13.5. The van der Waals surface area contributed by atoms with Crippen LogP contribution in [0.1, 0.15) is 0 Å². The molecule has 0 atom stereocenters. The predicted octanol–water partition coefficient (Wildman–Crippen LogP) is 0.980. The number of ether oxygens (including phenoxy) is 1. The van der Waals surface area contributed by atoms with E-state index in [1.807, 2.05) is 18.2 Å². The summed E-state index contributed by atoms with van der Waals surface area (Å²) in [6, 6.07) is 8.84. The highest BCUT2D eigenvalue weighted by Crippen LogP contribution is 2.30. The normalized spacial score (nSPS) is 19.0. The Balaban J connectivity index is 1.47.